The van der Waals surface area contributed by atoms with E-state index in [-0.39, 0.29) is 0 Å². The minimum Gasteiger partial charge on any atom is -0.378 e. The molecule has 0 atom stereocenters. The first-order chi connectivity index (χ1) is 4.77. The number of rotatable bonds is 5. The van der Waals surface area contributed by atoms with E-state index in [9.17, 15) is 0 Å². The third-order valence-electron chi connectivity index (χ3n) is 0.991. The van der Waals surface area contributed by atoms with Gasteiger partial charge in [0, 0.05) is 5.88 Å². The van der Waals surface area contributed by atoms with Gasteiger partial charge in [0.1, 0.15) is 0 Å². The van der Waals surface area contributed by atoms with Crippen LogP contribution in [-0.2, 0) is 4.74 Å². The quantitative estimate of drug-likeness (QED) is 0.343. The number of allylic oxidation sites excluding steroid dienone is 1. The Kier molecular flexibility index (Phi) is 7.09. The molecular formula is C8H15ClO. The summed E-state index contributed by atoms with van der Waals surface area (Å²) in [6.07, 6.45) is 5.27. The van der Waals surface area contributed by atoms with Crippen LogP contribution < -0.4 is 0 Å². The van der Waals surface area contributed by atoms with Crippen molar-refractivity contribution in [2.75, 3.05) is 12.5 Å². The maximum atomic E-state index is 5.42. The Bertz CT molecular complexity index is 89.3. The average Bonchev–Trinajstić information content (AvgIpc) is 1.87. The average molecular weight is 163 g/mol. The zero-order chi connectivity index (χ0) is 7.82. The first kappa shape index (κ1) is 9.99. The molecule has 0 aromatic rings. The standard InChI is InChI=1S/C8H15ClO/c1-8(2)10-7-5-3-4-6-9/h3-4,8H,5-7H2,1-2H3. The van der Waals surface area contributed by atoms with Gasteiger partial charge in [0.15, 0.2) is 0 Å². The summed E-state index contributed by atoms with van der Waals surface area (Å²) in [6.45, 7) is 4.86. The van der Waals surface area contributed by atoms with E-state index >= 15 is 0 Å². The van der Waals surface area contributed by atoms with E-state index in [1.165, 1.54) is 0 Å². The molecule has 0 radical (unpaired) electrons. The molecule has 0 fully saturated rings. The smallest absolute Gasteiger partial charge is 0.0519 e. The summed E-state index contributed by atoms with van der Waals surface area (Å²) in [5.74, 6) is 0.599. The first-order valence-corrected chi connectivity index (χ1v) is 4.13. The SMILES string of the molecule is CC(C)OCCC=CCCl. The van der Waals surface area contributed by atoms with Crippen LogP contribution >= 0.6 is 11.6 Å². The Balaban J connectivity index is 2.97. The van der Waals surface area contributed by atoms with Crippen molar-refractivity contribution in [3.8, 4) is 0 Å². The van der Waals surface area contributed by atoms with Crippen molar-refractivity contribution in [3.05, 3.63) is 12.2 Å². The summed E-state index contributed by atoms with van der Waals surface area (Å²) in [5, 5.41) is 0. The molecule has 2 heteroatoms. The number of ether oxygens (including phenoxy) is 1. The van der Waals surface area contributed by atoms with Gasteiger partial charge in [-0.3, -0.25) is 0 Å². The van der Waals surface area contributed by atoms with E-state index in [2.05, 4.69) is 0 Å². The van der Waals surface area contributed by atoms with Crippen LogP contribution in [0.4, 0.5) is 0 Å². The molecule has 0 N–H and O–H groups in total. The minimum atomic E-state index is 0.337. The van der Waals surface area contributed by atoms with Crippen LogP contribution in [0.15, 0.2) is 12.2 Å². The molecule has 0 spiro atoms. The third kappa shape index (κ3) is 7.99. The Morgan fingerprint density at radius 1 is 1.40 bits per heavy atom. The van der Waals surface area contributed by atoms with E-state index in [4.69, 9.17) is 16.3 Å². The van der Waals surface area contributed by atoms with E-state index in [1.807, 2.05) is 26.0 Å². The van der Waals surface area contributed by atoms with Crippen molar-refractivity contribution in [2.45, 2.75) is 26.4 Å². The van der Waals surface area contributed by atoms with E-state index in [0.29, 0.717) is 12.0 Å². The van der Waals surface area contributed by atoms with Crippen molar-refractivity contribution in [2.24, 2.45) is 0 Å². The highest BCUT2D eigenvalue weighted by Gasteiger charge is 1.88. The van der Waals surface area contributed by atoms with Crippen LogP contribution in [0.3, 0.4) is 0 Å². The molecule has 0 aromatic carbocycles. The number of halogens is 1. The van der Waals surface area contributed by atoms with Gasteiger partial charge < -0.3 is 4.74 Å². The van der Waals surface area contributed by atoms with Gasteiger partial charge in [-0.15, -0.1) is 11.6 Å². The predicted molar refractivity (Wildman–Crippen MR) is 45.6 cm³/mol. The van der Waals surface area contributed by atoms with Gasteiger partial charge >= 0.3 is 0 Å². The van der Waals surface area contributed by atoms with Gasteiger partial charge in [-0.2, -0.15) is 0 Å². The first-order valence-electron chi connectivity index (χ1n) is 3.60. The zero-order valence-electron chi connectivity index (χ0n) is 6.64. The Morgan fingerprint density at radius 3 is 2.60 bits per heavy atom. The third-order valence-corrected chi connectivity index (χ3v) is 1.17. The molecule has 0 aromatic heterocycles. The van der Waals surface area contributed by atoms with Crippen LogP contribution in [0.2, 0.25) is 0 Å². The Morgan fingerprint density at radius 2 is 2.10 bits per heavy atom. The molecule has 0 aliphatic heterocycles. The van der Waals surface area contributed by atoms with E-state index < -0.39 is 0 Å². The maximum Gasteiger partial charge on any atom is 0.0519 e. The second-order valence-electron chi connectivity index (χ2n) is 2.33. The second-order valence-corrected chi connectivity index (χ2v) is 2.64. The molecule has 0 saturated heterocycles. The number of hydrogen-bond acceptors (Lipinski definition) is 1. The maximum absolute atomic E-state index is 5.42. The highest BCUT2D eigenvalue weighted by atomic mass is 35.5. The topological polar surface area (TPSA) is 9.23 Å². The fourth-order valence-corrected chi connectivity index (χ4v) is 0.679. The van der Waals surface area contributed by atoms with E-state index in [1.54, 1.807) is 0 Å². The summed E-state index contributed by atoms with van der Waals surface area (Å²) < 4.78 is 5.29. The van der Waals surface area contributed by atoms with Crippen molar-refractivity contribution in [3.63, 3.8) is 0 Å². The largest absolute Gasteiger partial charge is 0.378 e. The predicted octanol–water partition coefficient (Wildman–Crippen LogP) is 2.60. The molecule has 0 saturated carbocycles. The van der Waals surface area contributed by atoms with Crippen LogP contribution in [0.5, 0.6) is 0 Å². The fourth-order valence-electron chi connectivity index (χ4n) is 0.553. The fraction of sp³-hybridized carbons (Fsp3) is 0.750. The Labute approximate surface area is 68.0 Å². The minimum absolute atomic E-state index is 0.337. The van der Waals surface area contributed by atoms with Gasteiger partial charge in [0.05, 0.1) is 12.7 Å². The lowest BCUT2D eigenvalue weighted by molar-refractivity contribution is 0.0826. The molecule has 0 amide bonds. The second kappa shape index (κ2) is 7.10. The van der Waals surface area contributed by atoms with Crippen LogP contribution in [0.1, 0.15) is 20.3 Å². The summed E-state index contributed by atoms with van der Waals surface area (Å²) in [5.41, 5.74) is 0. The molecule has 0 heterocycles. The molecule has 0 unspecified atom stereocenters. The normalized spacial score (nSPS) is 11.6. The summed E-state index contributed by atoms with van der Waals surface area (Å²) >= 11 is 5.42. The van der Waals surface area contributed by atoms with Crippen LogP contribution in [0, 0.1) is 0 Å². The van der Waals surface area contributed by atoms with Crippen molar-refractivity contribution in [1.29, 1.82) is 0 Å². The van der Waals surface area contributed by atoms with Gasteiger partial charge in [0.25, 0.3) is 0 Å². The van der Waals surface area contributed by atoms with Crippen LogP contribution in [0.25, 0.3) is 0 Å². The van der Waals surface area contributed by atoms with Crippen LogP contribution in [-0.4, -0.2) is 18.6 Å². The molecule has 1 nitrogen and oxygen atoms in total. The highest BCUT2D eigenvalue weighted by Crippen LogP contribution is 1.91. The summed E-state index contributed by atoms with van der Waals surface area (Å²) in [7, 11) is 0. The van der Waals surface area contributed by atoms with Crippen molar-refractivity contribution < 1.29 is 4.74 Å². The van der Waals surface area contributed by atoms with Gasteiger partial charge in [-0.25, -0.2) is 0 Å². The summed E-state index contributed by atoms with van der Waals surface area (Å²) in [6, 6.07) is 0. The molecular weight excluding hydrogens is 148 g/mol. The van der Waals surface area contributed by atoms with Crippen molar-refractivity contribution in [1.82, 2.24) is 0 Å². The van der Waals surface area contributed by atoms with Crippen molar-refractivity contribution >= 4 is 11.6 Å². The summed E-state index contributed by atoms with van der Waals surface area (Å²) in [4.78, 5) is 0. The number of alkyl halides is 1. The molecule has 10 heavy (non-hydrogen) atoms. The zero-order valence-corrected chi connectivity index (χ0v) is 7.40. The molecule has 60 valence electrons. The highest BCUT2D eigenvalue weighted by molar-refractivity contribution is 6.18. The van der Waals surface area contributed by atoms with Gasteiger partial charge in [-0.05, 0) is 20.3 Å². The van der Waals surface area contributed by atoms with Gasteiger partial charge in [0.2, 0.25) is 0 Å². The lowest BCUT2D eigenvalue weighted by Crippen LogP contribution is -2.02. The molecule has 0 rings (SSSR count). The lowest BCUT2D eigenvalue weighted by Gasteiger charge is -2.03. The molecule has 0 bridgehead atoms. The molecule has 0 aliphatic carbocycles. The Hall–Kier alpha value is -0.0100. The number of hydrogen-bond donors (Lipinski definition) is 0. The molecule has 0 aliphatic rings. The monoisotopic (exact) mass is 162 g/mol. The van der Waals surface area contributed by atoms with E-state index in [0.717, 1.165) is 13.0 Å². The lowest BCUT2D eigenvalue weighted by atomic mass is 10.4. The van der Waals surface area contributed by atoms with Gasteiger partial charge in [-0.1, -0.05) is 12.2 Å².